The number of rotatable bonds is 6. The number of hydrogen-bond acceptors (Lipinski definition) is 3. The van der Waals surface area contributed by atoms with Gasteiger partial charge in [0.25, 0.3) is 5.91 Å². The SMILES string of the molecule is C[C@H](NC(=O)c1ccc(CNC(=O)C2CCCC2)cc1)C(=O)O. The second-order valence-electron chi connectivity index (χ2n) is 5.93. The van der Waals surface area contributed by atoms with Crippen LogP contribution in [-0.4, -0.2) is 28.9 Å². The van der Waals surface area contributed by atoms with E-state index in [1.54, 1.807) is 24.3 Å². The number of carbonyl (C=O) groups excluding carboxylic acids is 2. The Bertz CT molecular complexity index is 577. The van der Waals surface area contributed by atoms with Crippen LogP contribution in [0.1, 0.15) is 48.5 Å². The van der Waals surface area contributed by atoms with Crippen LogP contribution < -0.4 is 10.6 Å². The highest BCUT2D eigenvalue weighted by Crippen LogP contribution is 2.24. The van der Waals surface area contributed by atoms with E-state index in [-0.39, 0.29) is 11.8 Å². The van der Waals surface area contributed by atoms with Crippen molar-refractivity contribution in [3.05, 3.63) is 35.4 Å². The molecule has 0 aliphatic heterocycles. The molecular weight excluding hydrogens is 296 g/mol. The molecule has 2 rings (SSSR count). The molecule has 1 atom stereocenters. The highest BCUT2D eigenvalue weighted by Gasteiger charge is 2.22. The number of carboxylic acid groups (broad SMARTS) is 1. The fourth-order valence-electron chi connectivity index (χ4n) is 2.64. The summed E-state index contributed by atoms with van der Waals surface area (Å²) in [6, 6.07) is 5.83. The number of amides is 2. The average Bonchev–Trinajstić information content (AvgIpc) is 3.07. The first-order valence-electron chi connectivity index (χ1n) is 7.87. The second kappa shape index (κ2) is 7.76. The van der Waals surface area contributed by atoms with Crippen molar-refractivity contribution >= 4 is 17.8 Å². The molecule has 1 aromatic rings. The molecular formula is C17H22N2O4. The van der Waals surface area contributed by atoms with Crippen molar-refractivity contribution in [1.29, 1.82) is 0 Å². The summed E-state index contributed by atoms with van der Waals surface area (Å²) in [4.78, 5) is 34.5. The van der Waals surface area contributed by atoms with E-state index in [1.807, 2.05) is 0 Å². The molecule has 0 unspecified atom stereocenters. The maximum atomic E-state index is 11.9. The quantitative estimate of drug-likeness (QED) is 0.744. The zero-order valence-electron chi connectivity index (χ0n) is 13.2. The van der Waals surface area contributed by atoms with Gasteiger partial charge in [-0.1, -0.05) is 25.0 Å². The molecule has 6 nitrogen and oxygen atoms in total. The Morgan fingerprint density at radius 1 is 1.17 bits per heavy atom. The normalized spacial score (nSPS) is 15.9. The van der Waals surface area contributed by atoms with Crippen LogP contribution in [0.3, 0.4) is 0 Å². The van der Waals surface area contributed by atoms with Gasteiger partial charge in [-0.05, 0) is 37.5 Å². The first-order chi connectivity index (χ1) is 11.0. The highest BCUT2D eigenvalue weighted by molar-refractivity contribution is 5.96. The molecule has 124 valence electrons. The molecule has 1 aromatic carbocycles. The van der Waals surface area contributed by atoms with Crippen LogP contribution in [0.4, 0.5) is 0 Å². The van der Waals surface area contributed by atoms with Gasteiger partial charge in [0, 0.05) is 18.0 Å². The molecule has 0 aromatic heterocycles. The number of aliphatic carboxylic acids is 1. The highest BCUT2D eigenvalue weighted by atomic mass is 16.4. The number of benzene rings is 1. The third kappa shape index (κ3) is 4.81. The Morgan fingerprint density at radius 3 is 2.35 bits per heavy atom. The molecule has 1 aliphatic rings. The Morgan fingerprint density at radius 2 is 1.78 bits per heavy atom. The van der Waals surface area contributed by atoms with Gasteiger partial charge in [-0.3, -0.25) is 14.4 Å². The van der Waals surface area contributed by atoms with E-state index < -0.39 is 17.9 Å². The van der Waals surface area contributed by atoms with Crippen LogP contribution >= 0.6 is 0 Å². The summed E-state index contributed by atoms with van der Waals surface area (Å²) in [6.07, 6.45) is 4.17. The molecule has 0 heterocycles. The Kier molecular flexibility index (Phi) is 5.73. The van der Waals surface area contributed by atoms with Crippen molar-refractivity contribution in [2.45, 2.75) is 45.2 Å². The van der Waals surface area contributed by atoms with E-state index in [0.29, 0.717) is 12.1 Å². The molecule has 6 heteroatoms. The van der Waals surface area contributed by atoms with Crippen molar-refractivity contribution in [2.24, 2.45) is 5.92 Å². The molecule has 0 spiro atoms. The third-order valence-corrected chi connectivity index (χ3v) is 4.13. The Balaban J connectivity index is 1.85. The van der Waals surface area contributed by atoms with E-state index in [4.69, 9.17) is 5.11 Å². The summed E-state index contributed by atoms with van der Waals surface area (Å²) >= 11 is 0. The van der Waals surface area contributed by atoms with Gasteiger partial charge in [-0.25, -0.2) is 0 Å². The fourth-order valence-corrected chi connectivity index (χ4v) is 2.64. The van der Waals surface area contributed by atoms with E-state index >= 15 is 0 Å². The van der Waals surface area contributed by atoms with Crippen LogP contribution in [0.2, 0.25) is 0 Å². The second-order valence-corrected chi connectivity index (χ2v) is 5.93. The van der Waals surface area contributed by atoms with Gasteiger partial charge in [0.2, 0.25) is 5.91 Å². The predicted octanol–water partition coefficient (Wildman–Crippen LogP) is 1.70. The van der Waals surface area contributed by atoms with E-state index in [0.717, 1.165) is 31.2 Å². The van der Waals surface area contributed by atoms with Gasteiger partial charge < -0.3 is 15.7 Å². The van der Waals surface area contributed by atoms with E-state index in [2.05, 4.69) is 10.6 Å². The minimum Gasteiger partial charge on any atom is -0.480 e. The topological polar surface area (TPSA) is 95.5 Å². The summed E-state index contributed by atoms with van der Waals surface area (Å²) in [7, 11) is 0. The molecule has 0 radical (unpaired) electrons. The van der Waals surface area contributed by atoms with Crippen molar-refractivity contribution in [3.63, 3.8) is 0 Å². The number of carboxylic acids is 1. The van der Waals surface area contributed by atoms with Gasteiger partial charge in [0.15, 0.2) is 0 Å². The first kappa shape index (κ1) is 17.0. The van der Waals surface area contributed by atoms with E-state index in [9.17, 15) is 14.4 Å². The average molecular weight is 318 g/mol. The standard InChI is InChI=1S/C17H22N2O4/c1-11(17(22)23)19-16(21)14-8-6-12(7-9-14)10-18-15(20)13-4-2-3-5-13/h6-9,11,13H,2-5,10H2,1H3,(H,18,20)(H,19,21)(H,22,23)/t11-/m0/s1. The molecule has 0 saturated heterocycles. The van der Waals surface area contributed by atoms with Crippen molar-refractivity contribution in [2.75, 3.05) is 0 Å². The van der Waals surface area contributed by atoms with Gasteiger partial charge in [-0.15, -0.1) is 0 Å². The Labute approximate surface area is 135 Å². The van der Waals surface area contributed by atoms with Crippen LogP contribution in [0.5, 0.6) is 0 Å². The largest absolute Gasteiger partial charge is 0.480 e. The molecule has 2 amide bonds. The lowest BCUT2D eigenvalue weighted by atomic mass is 10.1. The van der Waals surface area contributed by atoms with Crippen LogP contribution in [0.15, 0.2) is 24.3 Å². The zero-order chi connectivity index (χ0) is 16.8. The molecule has 1 saturated carbocycles. The monoisotopic (exact) mass is 318 g/mol. The zero-order valence-corrected chi connectivity index (χ0v) is 13.2. The summed E-state index contributed by atoms with van der Waals surface area (Å²) in [5.74, 6) is -1.27. The van der Waals surface area contributed by atoms with Gasteiger partial charge in [0.05, 0.1) is 0 Å². The third-order valence-electron chi connectivity index (χ3n) is 4.13. The van der Waals surface area contributed by atoms with Gasteiger partial charge in [-0.2, -0.15) is 0 Å². The minimum atomic E-state index is -1.08. The maximum absolute atomic E-state index is 11.9. The van der Waals surface area contributed by atoms with Crippen LogP contribution in [-0.2, 0) is 16.1 Å². The van der Waals surface area contributed by atoms with Crippen LogP contribution in [0, 0.1) is 5.92 Å². The predicted molar refractivity (Wildman–Crippen MR) is 84.8 cm³/mol. The summed E-state index contributed by atoms with van der Waals surface area (Å²) in [5.41, 5.74) is 1.29. The summed E-state index contributed by atoms with van der Waals surface area (Å²) in [6.45, 7) is 1.84. The lowest BCUT2D eigenvalue weighted by Crippen LogP contribution is -2.38. The fraction of sp³-hybridized carbons (Fsp3) is 0.471. The lowest BCUT2D eigenvalue weighted by molar-refractivity contribution is -0.138. The smallest absolute Gasteiger partial charge is 0.325 e. The molecule has 3 N–H and O–H groups in total. The molecule has 0 bridgehead atoms. The molecule has 1 fully saturated rings. The molecule has 23 heavy (non-hydrogen) atoms. The first-order valence-corrected chi connectivity index (χ1v) is 7.87. The summed E-state index contributed by atoms with van der Waals surface area (Å²) in [5, 5.41) is 14.1. The van der Waals surface area contributed by atoms with E-state index in [1.165, 1.54) is 6.92 Å². The lowest BCUT2D eigenvalue weighted by Gasteiger charge is -2.11. The van der Waals surface area contributed by atoms with Crippen molar-refractivity contribution in [1.82, 2.24) is 10.6 Å². The van der Waals surface area contributed by atoms with Crippen molar-refractivity contribution < 1.29 is 19.5 Å². The number of carbonyl (C=O) groups is 3. The van der Waals surface area contributed by atoms with Crippen molar-refractivity contribution in [3.8, 4) is 0 Å². The van der Waals surface area contributed by atoms with Gasteiger partial charge >= 0.3 is 5.97 Å². The van der Waals surface area contributed by atoms with Gasteiger partial charge in [0.1, 0.15) is 6.04 Å². The number of nitrogens with one attached hydrogen (secondary N) is 2. The molecule has 1 aliphatic carbocycles. The maximum Gasteiger partial charge on any atom is 0.325 e. The Hall–Kier alpha value is -2.37. The van der Waals surface area contributed by atoms with Crippen LogP contribution in [0.25, 0.3) is 0 Å². The summed E-state index contributed by atoms with van der Waals surface area (Å²) < 4.78 is 0. The minimum absolute atomic E-state index is 0.0969. The number of hydrogen-bond donors (Lipinski definition) is 3.